The second-order valence-electron chi connectivity index (χ2n) is 5.95. The first-order valence-corrected chi connectivity index (χ1v) is 7.44. The highest BCUT2D eigenvalue weighted by atomic mass is 16.1. The molecule has 0 bridgehead atoms. The maximum atomic E-state index is 12.5. The van der Waals surface area contributed by atoms with Crippen molar-refractivity contribution in [2.45, 2.75) is 20.3 Å². The number of hydrogen-bond acceptors (Lipinski definition) is 2. The van der Waals surface area contributed by atoms with Crippen LogP contribution in [-0.2, 0) is 0 Å². The van der Waals surface area contributed by atoms with Crippen LogP contribution in [0.1, 0.15) is 41.0 Å². The van der Waals surface area contributed by atoms with E-state index in [1.807, 2.05) is 62.4 Å². The smallest absolute Gasteiger partial charge is 0.251 e. The first kappa shape index (κ1) is 16.0. The number of rotatable bonds is 6. The first-order valence-electron chi connectivity index (χ1n) is 7.44. The van der Waals surface area contributed by atoms with E-state index in [1.165, 1.54) is 0 Å². The zero-order valence-corrected chi connectivity index (χ0v) is 13.0. The minimum absolute atomic E-state index is 0.0991. The third-order valence-corrected chi connectivity index (χ3v) is 3.72. The summed E-state index contributed by atoms with van der Waals surface area (Å²) in [7, 11) is 0. The molecule has 0 saturated carbocycles. The van der Waals surface area contributed by atoms with Crippen LogP contribution in [-0.4, -0.2) is 18.2 Å². The van der Waals surface area contributed by atoms with Crippen LogP contribution in [0.3, 0.4) is 0 Å². The van der Waals surface area contributed by atoms with E-state index >= 15 is 0 Å². The molecule has 114 valence electrons. The molecule has 0 unspecified atom stereocenters. The van der Waals surface area contributed by atoms with Crippen molar-refractivity contribution in [2.24, 2.45) is 5.41 Å². The van der Waals surface area contributed by atoms with Crippen molar-refractivity contribution in [3.8, 4) is 0 Å². The van der Waals surface area contributed by atoms with Crippen LogP contribution in [0.2, 0.25) is 0 Å². The van der Waals surface area contributed by atoms with E-state index in [-0.39, 0.29) is 11.7 Å². The highest BCUT2D eigenvalue weighted by Gasteiger charge is 2.28. The van der Waals surface area contributed by atoms with Gasteiger partial charge in [0.05, 0.1) is 0 Å². The molecule has 1 N–H and O–H groups in total. The molecule has 0 fully saturated rings. The summed E-state index contributed by atoms with van der Waals surface area (Å²) < 4.78 is 0. The molecule has 0 spiro atoms. The monoisotopic (exact) mass is 295 g/mol. The summed E-state index contributed by atoms with van der Waals surface area (Å²) in [5.41, 5.74) is 0.835. The molecule has 1 amide bonds. The Morgan fingerprint density at radius 3 is 1.91 bits per heavy atom. The van der Waals surface area contributed by atoms with E-state index < -0.39 is 5.41 Å². The van der Waals surface area contributed by atoms with Gasteiger partial charge >= 0.3 is 0 Å². The lowest BCUT2D eigenvalue weighted by Crippen LogP contribution is -2.32. The van der Waals surface area contributed by atoms with E-state index in [9.17, 15) is 9.59 Å². The maximum absolute atomic E-state index is 12.5. The Morgan fingerprint density at radius 1 is 0.864 bits per heavy atom. The Labute approximate surface area is 131 Å². The van der Waals surface area contributed by atoms with E-state index in [4.69, 9.17) is 0 Å². The third-order valence-electron chi connectivity index (χ3n) is 3.72. The van der Waals surface area contributed by atoms with Gasteiger partial charge in [0.1, 0.15) is 0 Å². The fourth-order valence-electron chi connectivity index (χ4n) is 2.27. The SMILES string of the molecule is CC(C)(CCNC(=O)c1ccccc1)C(=O)c1ccccc1. The van der Waals surface area contributed by atoms with Crippen LogP contribution in [0.4, 0.5) is 0 Å². The Kier molecular flexibility index (Phi) is 5.10. The summed E-state index contributed by atoms with van der Waals surface area (Å²) >= 11 is 0. The first-order chi connectivity index (χ1) is 10.5. The minimum Gasteiger partial charge on any atom is -0.352 e. The van der Waals surface area contributed by atoms with Gasteiger partial charge in [-0.1, -0.05) is 62.4 Å². The number of nitrogens with one attached hydrogen (secondary N) is 1. The minimum atomic E-state index is -0.509. The third kappa shape index (κ3) is 4.04. The van der Waals surface area contributed by atoms with E-state index in [0.717, 1.165) is 0 Å². The van der Waals surface area contributed by atoms with Crippen LogP contribution >= 0.6 is 0 Å². The van der Waals surface area contributed by atoms with E-state index in [0.29, 0.717) is 24.1 Å². The summed E-state index contributed by atoms with van der Waals surface area (Å²) in [4.78, 5) is 24.5. The lowest BCUT2D eigenvalue weighted by molar-refractivity contribution is 0.0815. The molecule has 3 nitrogen and oxygen atoms in total. The van der Waals surface area contributed by atoms with Gasteiger partial charge in [-0.15, -0.1) is 0 Å². The molecule has 0 saturated heterocycles. The zero-order chi connectivity index (χ0) is 16.0. The van der Waals surface area contributed by atoms with Crippen molar-refractivity contribution in [1.82, 2.24) is 5.32 Å². The lowest BCUT2D eigenvalue weighted by atomic mass is 9.81. The molecule has 22 heavy (non-hydrogen) atoms. The molecule has 2 rings (SSSR count). The summed E-state index contributed by atoms with van der Waals surface area (Å²) in [6.45, 7) is 4.30. The zero-order valence-electron chi connectivity index (χ0n) is 13.0. The predicted molar refractivity (Wildman–Crippen MR) is 87.9 cm³/mol. The summed E-state index contributed by atoms with van der Waals surface area (Å²) in [5, 5.41) is 2.87. The molecule has 0 aromatic heterocycles. The van der Waals surface area contributed by atoms with Crippen molar-refractivity contribution in [1.29, 1.82) is 0 Å². The molecule has 3 heteroatoms. The molecule has 0 radical (unpaired) electrons. The van der Waals surface area contributed by atoms with Gasteiger partial charge in [0.25, 0.3) is 5.91 Å². The van der Waals surface area contributed by atoms with Crippen molar-refractivity contribution in [2.75, 3.05) is 6.54 Å². The Balaban J connectivity index is 1.90. The Bertz CT molecular complexity index is 633. The number of hydrogen-bond donors (Lipinski definition) is 1. The molecule has 0 aliphatic carbocycles. The van der Waals surface area contributed by atoms with Crippen molar-refractivity contribution < 1.29 is 9.59 Å². The van der Waals surface area contributed by atoms with Crippen LogP contribution in [0, 0.1) is 5.41 Å². The normalized spacial score (nSPS) is 11.0. The summed E-state index contributed by atoms with van der Waals surface area (Å²) in [5.74, 6) is -0.00869. The average Bonchev–Trinajstić information content (AvgIpc) is 2.55. The molecular formula is C19H21NO2. The predicted octanol–water partition coefficient (Wildman–Crippen LogP) is 3.72. The van der Waals surface area contributed by atoms with Gasteiger partial charge in [-0.3, -0.25) is 9.59 Å². The van der Waals surface area contributed by atoms with Gasteiger partial charge in [-0.2, -0.15) is 0 Å². The Morgan fingerprint density at radius 2 is 1.36 bits per heavy atom. The number of Topliss-reactive ketones (excluding diaryl/α,β-unsaturated/α-hetero) is 1. The van der Waals surface area contributed by atoms with Gasteiger partial charge in [0.15, 0.2) is 5.78 Å². The summed E-state index contributed by atoms with van der Waals surface area (Å²) in [6.07, 6.45) is 0.597. The van der Waals surface area contributed by atoms with Gasteiger partial charge in [0.2, 0.25) is 0 Å². The second kappa shape index (κ2) is 7.03. The second-order valence-corrected chi connectivity index (χ2v) is 5.95. The molecule has 2 aromatic rings. The van der Waals surface area contributed by atoms with Crippen molar-refractivity contribution in [3.63, 3.8) is 0 Å². The van der Waals surface area contributed by atoms with Crippen molar-refractivity contribution >= 4 is 11.7 Å². The Hall–Kier alpha value is -2.42. The number of carbonyl (C=O) groups excluding carboxylic acids is 2. The number of ketones is 1. The molecule has 0 heterocycles. The fraction of sp³-hybridized carbons (Fsp3) is 0.263. The fourth-order valence-corrected chi connectivity index (χ4v) is 2.27. The number of benzene rings is 2. The largest absolute Gasteiger partial charge is 0.352 e. The quantitative estimate of drug-likeness (QED) is 0.826. The highest BCUT2D eigenvalue weighted by Crippen LogP contribution is 2.25. The van der Waals surface area contributed by atoms with E-state index in [1.54, 1.807) is 12.1 Å². The molecular weight excluding hydrogens is 274 g/mol. The van der Waals surface area contributed by atoms with Gasteiger partial charge in [-0.05, 0) is 18.6 Å². The summed E-state index contributed by atoms with van der Waals surface area (Å²) in [6, 6.07) is 18.4. The van der Waals surface area contributed by atoms with Crippen LogP contribution in [0.25, 0.3) is 0 Å². The maximum Gasteiger partial charge on any atom is 0.251 e. The van der Waals surface area contributed by atoms with Crippen LogP contribution in [0.15, 0.2) is 60.7 Å². The molecule has 0 atom stereocenters. The highest BCUT2D eigenvalue weighted by molar-refractivity contribution is 6.00. The molecule has 0 aliphatic rings. The standard InChI is InChI=1S/C19H21NO2/c1-19(2,17(21)15-9-5-3-6-10-15)13-14-20-18(22)16-11-7-4-8-12-16/h3-12H,13-14H2,1-2H3,(H,20,22). The van der Waals surface area contributed by atoms with Gasteiger partial charge in [-0.25, -0.2) is 0 Å². The average molecular weight is 295 g/mol. The van der Waals surface area contributed by atoms with E-state index in [2.05, 4.69) is 5.32 Å². The number of amides is 1. The van der Waals surface area contributed by atoms with Gasteiger partial charge < -0.3 is 5.32 Å². The van der Waals surface area contributed by atoms with Crippen LogP contribution < -0.4 is 5.32 Å². The molecule has 0 aliphatic heterocycles. The lowest BCUT2D eigenvalue weighted by Gasteiger charge is -2.23. The van der Waals surface area contributed by atoms with Gasteiger partial charge in [0, 0.05) is 23.1 Å². The van der Waals surface area contributed by atoms with Crippen molar-refractivity contribution in [3.05, 3.63) is 71.8 Å². The topological polar surface area (TPSA) is 46.2 Å². The molecule has 2 aromatic carbocycles. The van der Waals surface area contributed by atoms with Crippen LogP contribution in [0.5, 0.6) is 0 Å². The number of carbonyl (C=O) groups is 2.